The van der Waals surface area contributed by atoms with Crippen LogP contribution in [0.4, 0.5) is 0 Å². The second kappa shape index (κ2) is 5.19. The van der Waals surface area contributed by atoms with Crippen molar-refractivity contribution in [2.24, 2.45) is 0 Å². The average molecular weight is 304 g/mol. The Kier molecular flexibility index (Phi) is 3.52. The van der Waals surface area contributed by atoms with E-state index in [-0.39, 0.29) is 5.97 Å². The smallest absolute Gasteiger partial charge is 0.329 e. The molecule has 0 N–H and O–H groups in total. The molecule has 3 rings (SSSR count). The van der Waals surface area contributed by atoms with Gasteiger partial charge < -0.3 is 4.74 Å². The number of hydrogen-bond acceptors (Lipinski definition) is 4. The van der Waals surface area contributed by atoms with Crippen molar-refractivity contribution < 1.29 is 9.53 Å². The summed E-state index contributed by atoms with van der Waals surface area (Å²) < 4.78 is 5.50. The largest absolute Gasteiger partial charge is 0.428 e. The number of allylic oxidation sites excluding steroid dienone is 1. The van der Waals surface area contributed by atoms with Gasteiger partial charge in [0, 0.05) is 0 Å². The van der Waals surface area contributed by atoms with Gasteiger partial charge in [-0.25, -0.2) is 0 Å². The summed E-state index contributed by atoms with van der Waals surface area (Å²) in [7, 11) is 0. The lowest BCUT2D eigenvalue weighted by atomic mass is 9.71. The van der Waals surface area contributed by atoms with Crippen molar-refractivity contribution in [2.45, 2.75) is 32.1 Å². The van der Waals surface area contributed by atoms with E-state index in [2.05, 4.69) is 36.1 Å². The van der Waals surface area contributed by atoms with E-state index in [1.165, 1.54) is 5.56 Å². The zero-order valence-corrected chi connectivity index (χ0v) is 13.1. The Balaban J connectivity index is 2.16. The molecular weight excluding hydrogens is 288 g/mol. The molecule has 3 heterocycles. The van der Waals surface area contributed by atoms with Crippen LogP contribution in [-0.4, -0.2) is 5.97 Å². The van der Waals surface area contributed by atoms with E-state index in [0.29, 0.717) is 0 Å². The number of hydrogen-bond donors (Lipinski definition) is 0. The van der Waals surface area contributed by atoms with E-state index in [9.17, 15) is 4.79 Å². The predicted octanol–water partition coefficient (Wildman–Crippen LogP) is 4.84. The summed E-state index contributed by atoms with van der Waals surface area (Å²) in [5.41, 5.74) is 2.83. The lowest BCUT2D eigenvalue weighted by Crippen LogP contribution is -2.49. The molecule has 1 unspecified atom stereocenters. The number of carbonyl (C=O) groups is 1. The molecule has 1 atom stereocenters. The highest BCUT2D eigenvalue weighted by atomic mass is 32.1. The molecule has 2 aromatic heterocycles. The summed E-state index contributed by atoms with van der Waals surface area (Å²) in [6.45, 7) is 4.17. The Hall–Kier alpha value is -1.39. The molecule has 0 radical (unpaired) electrons. The van der Waals surface area contributed by atoms with Crippen LogP contribution >= 0.6 is 22.7 Å². The van der Waals surface area contributed by atoms with E-state index in [0.717, 1.165) is 29.7 Å². The third-order valence-electron chi connectivity index (χ3n) is 3.97. The van der Waals surface area contributed by atoms with E-state index in [4.69, 9.17) is 4.74 Å². The molecule has 1 aliphatic rings. The molecule has 2 nitrogen and oxygen atoms in total. The monoisotopic (exact) mass is 304 g/mol. The fourth-order valence-corrected chi connectivity index (χ4v) is 4.23. The van der Waals surface area contributed by atoms with Crippen molar-refractivity contribution in [2.75, 3.05) is 0 Å². The van der Waals surface area contributed by atoms with Crippen molar-refractivity contribution >= 4 is 34.2 Å². The first-order valence-corrected chi connectivity index (χ1v) is 8.63. The summed E-state index contributed by atoms with van der Waals surface area (Å²) >= 11 is 3.29. The zero-order chi connectivity index (χ0) is 14.2. The standard InChI is InChI=1S/C16H16O2S2/c1-3-13(11-5-7-19-9-11)14-16(4-2,15(17)18-14)12-6-8-20-10-12/h5-10H,3-4H2,1-2H3/b14-13-. The number of carbonyl (C=O) groups excluding carboxylic acids is 1. The molecule has 0 bridgehead atoms. The van der Waals surface area contributed by atoms with Gasteiger partial charge in [0.05, 0.1) is 0 Å². The number of thiophene rings is 2. The normalized spacial score (nSPS) is 24.2. The van der Waals surface area contributed by atoms with Crippen LogP contribution < -0.4 is 0 Å². The van der Waals surface area contributed by atoms with Crippen LogP contribution in [0.5, 0.6) is 0 Å². The zero-order valence-electron chi connectivity index (χ0n) is 11.5. The van der Waals surface area contributed by atoms with E-state index in [1.54, 1.807) is 22.7 Å². The SMILES string of the molecule is CC/C(=C1/OC(=O)C1(CC)c1ccsc1)c1ccsc1. The highest BCUT2D eigenvalue weighted by Gasteiger charge is 2.56. The van der Waals surface area contributed by atoms with Crippen molar-refractivity contribution in [1.82, 2.24) is 0 Å². The van der Waals surface area contributed by atoms with Crippen LogP contribution in [0.2, 0.25) is 0 Å². The quantitative estimate of drug-likeness (QED) is 0.756. The average Bonchev–Trinajstić information content (AvgIpc) is 3.12. The van der Waals surface area contributed by atoms with Gasteiger partial charge in [-0.15, -0.1) is 0 Å². The van der Waals surface area contributed by atoms with Gasteiger partial charge in [0.25, 0.3) is 0 Å². The Morgan fingerprint density at radius 3 is 2.45 bits per heavy atom. The lowest BCUT2D eigenvalue weighted by molar-refractivity contribution is -0.160. The Morgan fingerprint density at radius 1 is 1.20 bits per heavy atom. The molecule has 20 heavy (non-hydrogen) atoms. The number of rotatable bonds is 4. The topological polar surface area (TPSA) is 26.3 Å². The summed E-state index contributed by atoms with van der Waals surface area (Å²) in [6.07, 6.45) is 1.61. The first-order chi connectivity index (χ1) is 9.74. The third kappa shape index (κ3) is 1.79. The number of cyclic esters (lactones) is 1. The van der Waals surface area contributed by atoms with Gasteiger partial charge >= 0.3 is 5.97 Å². The van der Waals surface area contributed by atoms with Crippen molar-refractivity contribution in [3.8, 4) is 0 Å². The van der Waals surface area contributed by atoms with E-state index >= 15 is 0 Å². The lowest BCUT2D eigenvalue weighted by Gasteiger charge is -2.42. The van der Waals surface area contributed by atoms with Gasteiger partial charge in [-0.05, 0) is 63.2 Å². The second-order valence-corrected chi connectivity index (χ2v) is 6.39. The first-order valence-electron chi connectivity index (χ1n) is 6.75. The Labute approximate surface area is 126 Å². The van der Waals surface area contributed by atoms with Gasteiger partial charge in [0.2, 0.25) is 0 Å². The molecule has 104 valence electrons. The molecule has 0 saturated carbocycles. The van der Waals surface area contributed by atoms with Crippen molar-refractivity contribution in [3.63, 3.8) is 0 Å². The fraction of sp³-hybridized carbons (Fsp3) is 0.312. The molecule has 0 aromatic carbocycles. The highest BCUT2D eigenvalue weighted by Crippen LogP contribution is 2.50. The Bertz CT molecular complexity index is 638. The first kappa shape index (κ1) is 13.6. The maximum absolute atomic E-state index is 12.2. The number of esters is 1. The molecule has 4 heteroatoms. The molecular formula is C16H16O2S2. The summed E-state index contributed by atoms with van der Waals surface area (Å²) in [5.74, 6) is 0.735. The molecule has 1 saturated heterocycles. The maximum atomic E-state index is 12.2. The predicted molar refractivity (Wildman–Crippen MR) is 83.9 cm³/mol. The van der Waals surface area contributed by atoms with Gasteiger partial charge in [-0.1, -0.05) is 13.8 Å². The van der Waals surface area contributed by atoms with Gasteiger partial charge in [0.1, 0.15) is 5.76 Å². The summed E-state index contributed by atoms with van der Waals surface area (Å²) in [5, 5.41) is 8.26. The van der Waals surface area contributed by atoms with Crippen LogP contribution in [0.1, 0.15) is 37.8 Å². The van der Waals surface area contributed by atoms with Crippen molar-refractivity contribution in [1.29, 1.82) is 0 Å². The third-order valence-corrected chi connectivity index (χ3v) is 5.34. The molecule has 0 spiro atoms. The second-order valence-electron chi connectivity index (χ2n) is 4.83. The van der Waals surface area contributed by atoms with E-state index in [1.807, 2.05) is 11.4 Å². The summed E-state index contributed by atoms with van der Waals surface area (Å²) in [6, 6.07) is 4.13. The minimum Gasteiger partial charge on any atom is -0.428 e. The van der Waals surface area contributed by atoms with Crippen LogP contribution in [-0.2, 0) is 14.9 Å². The highest BCUT2D eigenvalue weighted by molar-refractivity contribution is 7.08. The van der Waals surface area contributed by atoms with Crippen LogP contribution in [0.15, 0.2) is 39.4 Å². The van der Waals surface area contributed by atoms with Crippen molar-refractivity contribution in [3.05, 3.63) is 50.5 Å². The van der Waals surface area contributed by atoms with Crippen LogP contribution in [0, 0.1) is 0 Å². The minimum absolute atomic E-state index is 0.116. The minimum atomic E-state index is -0.562. The van der Waals surface area contributed by atoms with E-state index < -0.39 is 5.41 Å². The van der Waals surface area contributed by atoms with Crippen LogP contribution in [0.3, 0.4) is 0 Å². The summed E-state index contributed by atoms with van der Waals surface area (Å²) in [4.78, 5) is 12.2. The molecule has 2 aromatic rings. The van der Waals surface area contributed by atoms with Gasteiger partial charge in [0.15, 0.2) is 5.41 Å². The van der Waals surface area contributed by atoms with Crippen LogP contribution in [0.25, 0.3) is 5.57 Å². The van der Waals surface area contributed by atoms with Gasteiger partial charge in [-0.3, -0.25) is 4.79 Å². The molecule has 0 aliphatic carbocycles. The fourth-order valence-electron chi connectivity index (χ4n) is 2.83. The molecule has 1 aliphatic heterocycles. The van der Waals surface area contributed by atoms with Gasteiger partial charge in [-0.2, -0.15) is 22.7 Å². The Morgan fingerprint density at radius 2 is 1.95 bits per heavy atom. The molecule has 1 fully saturated rings. The number of ether oxygens (including phenoxy) is 1. The molecule has 0 amide bonds. The maximum Gasteiger partial charge on any atom is 0.329 e.